The summed E-state index contributed by atoms with van der Waals surface area (Å²) in [5, 5.41) is 0.980. The van der Waals surface area contributed by atoms with Crippen LogP contribution < -0.4 is 5.69 Å². The molecule has 0 fully saturated rings. The second kappa shape index (κ2) is 2.51. The summed E-state index contributed by atoms with van der Waals surface area (Å²) in [6, 6.07) is 7.59. The summed E-state index contributed by atoms with van der Waals surface area (Å²) >= 11 is 0. The van der Waals surface area contributed by atoms with E-state index < -0.39 is 0 Å². The lowest BCUT2D eigenvalue weighted by atomic mass is 10.2. The van der Waals surface area contributed by atoms with E-state index in [1.54, 1.807) is 10.8 Å². The summed E-state index contributed by atoms with van der Waals surface area (Å²) in [4.78, 5) is 19.5. The molecule has 0 radical (unpaired) electrons. The number of para-hydroxylation sites is 1. The SMILES string of the molecule is O=c1nc2ccccc2c2n1CN=C2. The summed E-state index contributed by atoms with van der Waals surface area (Å²) in [5.74, 6) is 0. The summed E-state index contributed by atoms with van der Waals surface area (Å²) in [5.41, 5.74) is 1.37. The lowest BCUT2D eigenvalue weighted by Crippen LogP contribution is -2.22. The molecule has 1 aliphatic rings. The van der Waals surface area contributed by atoms with Crippen LogP contribution in [0.1, 0.15) is 5.69 Å². The van der Waals surface area contributed by atoms with Crippen molar-refractivity contribution in [3.8, 4) is 0 Å². The second-order valence-corrected chi connectivity index (χ2v) is 3.18. The molecule has 2 heterocycles. The molecule has 1 aromatic heterocycles. The molecule has 0 unspecified atom stereocenters. The molecule has 0 N–H and O–H groups in total. The molecule has 1 aromatic carbocycles. The van der Waals surface area contributed by atoms with Crippen molar-refractivity contribution in [2.24, 2.45) is 4.99 Å². The van der Waals surface area contributed by atoms with Gasteiger partial charge in [-0.05, 0) is 6.07 Å². The van der Waals surface area contributed by atoms with Crippen molar-refractivity contribution < 1.29 is 0 Å². The number of benzene rings is 1. The monoisotopic (exact) mass is 185 g/mol. The van der Waals surface area contributed by atoms with Crippen LogP contribution in [-0.2, 0) is 6.67 Å². The number of aliphatic imine (C=N–C) groups is 1. The highest BCUT2D eigenvalue weighted by Crippen LogP contribution is 2.15. The number of rotatable bonds is 0. The Kier molecular flexibility index (Phi) is 1.33. The number of aromatic nitrogens is 2. The van der Waals surface area contributed by atoms with Crippen molar-refractivity contribution in [1.29, 1.82) is 0 Å². The van der Waals surface area contributed by atoms with E-state index in [1.807, 2.05) is 24.3 Å². The summed E-state index contributed by atoms with van der Waals surface area (Å²) in [7, 11) is 0. The topological polar surface area (TPSA) is 47.2 Å². The minimum absolute atomic E-state index is 0.226. The maximum absolute atomic E-state index is 11.5. The maximum Gasteiger partial charge on any atom is 0.350 e. The third-order valence-electron chi connectivity index (χ3n) is 2.35. The highest BCUT2D eigenvalue weighted by molar-refractivity contribution is 5.97. The molecule has 0 saturated heterocycles. The summed E-state index contributed by atoms with van der Waals surface area (Å²) < 4.78 is 1.57. The third kappa shape index (κ3) is 0.849. The van der Waals surface area contributed by atoms with Crippen LogP contribution in [0.15, 0.2) is 34.1 Å². The van der Waals surface area contributed by atoms with Gasteiger partial charge in [-0.3, -0.25) is 9.56 Å². The average Bonchev–Trinajstić information content (AvgIpc) is 2.67. The fourth-order valence-electron chi connectivity index (χ4n) is 1.68. The number of fused-ring (bicyclic) bond motifs is 3. The van der Waals surface area contributed by atoms with Crippen LogP contribution in [0.3, 0.4) is 0 Å². The molecular formula is C10H7N3O. The minimum atomic E-state index is -0.226. The van der Waals surface area contributed by atoms with Gasteiger partial charge in [0.15, 0.2) is 0 Å². The van der Waals surface area contributed by atoms with Crippen molar-refractivity contribution in [3.63, 3.8) is 0 Å². The van der Waals surface area contributed by atoms with E-state index >= 15 is 0 Å². The average molecular weight is 185 g/mol. The van der Waals surface area contributed by atoms with E-state index in [2.05, 4.69) is 9.98 Å². The molecule has 4 nitrogen and oxygen atoms in total. The fraction of sp³-hybridized carbons (Fsp3) is 0.100. The quantitative estimate of drug-likeness (QED) is 0.609. The highest BCUT2D eigenvalue weighted by atomic mass is 16.1. The molecule has 14 heavy (non-hydrogen) atoms. The zero-order valence-electron chi connectivity index (χ0n) is 7.34. The van der Waals surface area contributed by atoms with E-state index in [4.69, 9.17) is 0 Å². The fourth-order valence-corrected chi connectivity index (χ4v) is 1.68. The van der Waals surface area contributed by atoms with Crippen LogP contribution in [0.4, 0.5) is 0 Å². The van der Waals surface area contributed by atoms with Gasteiger partial charge in [-0.2, -0.15) is 4.98 Å². The number of hydrogen-bond donors (Lipinski definition) is 0. The van der Waals surface area contributed by atoms with Gasteiger partial charge in [0.05, 0.1) is 11.2 Å². The predicted molar refractivity (Wildman–Crippen MR) is 53.6 cm³/mol. The van der Waals surface area contributed by atoms with Crippen LogP contribution in [0.2, 0.25) is 0 Å². The molecule has 3 rings (SSSR count). The Morgan fingerprint density at radius 1 is 1.29 bits per heavy atom. The Bertz CT molecular complexity index is 598. The van der Waals surface area contributed by atoms with Crippen molar-refractivity contribution in [2.45, 2.75) is 6.67 Å². The molecule has 68 valence electrons. The van der Waals surface area contributed by atoms with Crippen molar-refractivity contribution >= 4 is 17.1 Å². The van der Waals surface area contributed by atoms with Gasteiger partial charge in [0, 0.05) is 11.6 Å². The van der Waals surface area contributed by atoms with Gasteiger partial charge in [0.25, 0.3) is 0 Å². The zero-order chi connectivity index (χ0) is 9.54. The molecule has 0 bridgehead atoms. The molecule has 2 aromatic rings. The molecule has 0 amide bonds. The van der Waals surface area contributed by atoms with Gasteiger partial charge in [-0.1, -0.05) is 18.2 Å². The normalized spacial score (nSPS) is 13.4. The standard InChI is InChI=1S/C10H7N3O/c14-10-12-8-4-2-1-3-7(8)9-5-11-6-13(9)10/h1-5H,6H2. The van der Waals surface area contributed by atoms with E-state index in [9.17, 15) is 4.79 Å². The molecule has 0 aliphatic carbocycles. The highest BCUT2D eigenvalue weighted by Gasteiger charge is 2.11. The van der Waals surface area contributed by atoms with Crippen molar-refractivity contribution in [3.05, 3.63) is 40.4 Å². The molecule has 1 aliphatic heterocycles. The van der Waals surface area contributed by atoms with E-state index in [1.165, 1.54) is 0 Å². The maximum atomic E-state index is 11.5. The van der Waals surface area contributed by atoms with Crippen LogP contribution in [0, 0.1) is 0 Å². The van der Waals surface area contributed by atoms with Gasteiger partial charge >= 0.3 is 5.69 Å². The number of hydrogen-bond acceptors (Lipinski definition) is 3. The largest absolute Gasteiger partial charge is 0.350 e. The summed E-state index contributed by atoms with van der Waals surface area (Å²) in [6.07, 6.45) is 1.73. The Morgan fingerprint density at radius 3 is 3.07 bits per heavy atom. The first-order valence-electron chi connectivity index (χ1n) is 4.36. The molecule has 4 heteroatoms. The number of nitrogens with zero attached hydrogens (tertiary/aromatic N) is 3. The lowest BCUT2D eigenvalue weighted by molar-refractivity contribution is 0.709. The lowest BCUT2D eigenvalue weighted by Gasteiger charge is -2.03. The Hall–Kier alpha value is -1.97. The molecule has 0 saturated carbocycles. The molecule has 0 atom stereocenters. The van der Waals surface area contributed by atoms with Gasteiger partial charge in [0.2, 0.25) is 0 Å². The first-order valence-corrected chi connectivity index (χ1v) is 4.36. The van der Waals surface area contributed by atoms with Gasteiger partial charge in [0.1, 0.15) is 6.67 Å². The first-order chi connectivity index (χ1) is 6.86. The molecular weight excluding hydrogens is 178 g/mol. The van der Waals surface area contributed by atoms with Gasteiger partial charge in [-0.15, -0.1) is 0 Å². The third-order valence-corrected chi connectivity index (χ3v) is 2.35. The zero-order valence-corrected chi connectivity index (χ0v) is 7.34. The summed E-state index contributed by atoms with van der Waals surface area (Å²) in [6.45, 7) is 0.395. The van der Waals surface area contributed by atoms with Crippen molar-refractivity contribution in [1.82, 2.24) is 9.55 Å². The van der Waals surface area contributed by atoms with E-state index in [0.717, 1.165) is 16.6 Å². The predicted octanol–water partition coefficient (Wildman–Crippen LogP) is 0.786. The van der Waals surface area contributed by atoms with Crippen LogP contribution >= 0.6 is 0 Å². The van der Waals surface area contributed by atoms with Crippen LogP contribution in [0.5, 0.6) is 0 Å². The van der Waals surface area contributed by atoms with Crippen molar-refractivity contribution in [2.75, 3.05) is 0 Å². The Balaban J connectivity index is 2.57. The van der Waals surface area contributed by atoms with E-state index in [0.29, 0.717) is 6.67 Å². The Morgan fingerprint density at radius 2 is 2.14 bits per heavy atom. The van der Waals surface area contributed by atoms with Gasteiger partial charge in [-0.25, -0.2) is 4.79 Å². The van der Waals surface area contributed by atoms with E-state index in [-0.39, 0.29) is 5.69 Å². The van der Waals surface area contributed by atoms with Crippen LogP contribution in [0.25, 0.3) is 10.9 Å². The van der Waals surface area contributed by atoms with Gasteiger partial charge < -0.3 is 0 Å². The first kappa shape index (κ1) is 7.44. The molecule has 0 spiro atoms. The minimum Gasteiger partial charge on any atom is -0.270 e. The second-order valence-electron chi connectivity index (χ2n) is 3.18. The van der Waals surface area contributed by atoms with Crippen LogP contribution in [-0.4, -0.2) is 15.8 Å². The smallest absolute Gasteiger partial charge is 0.270 e. The Labute approximate surface area is 79.5 Å².